The summed E-state index contributed by atoms with van der Waals surface area (Å²) in [5.41, 5.74) is 19.6. The lowest BCUT2D eigenvalue weighted by Gasteiger charge is -2.26. The van der Waals surface area contributed by atoms with Crippen molar-refractivity contribution >= 4 is 55.9 Å². The van der Waals surface area contributed by atoms with E-state index in [9.17, 15) is 0 Å². The Morgan fingerprint density at radius 2 is 0.704 bits per heavy atom. The van der Waals surface area contributed by atoms with Gasteiger partial charge in [0.05, 0.1) is 22.4 Å². The summed E-state index contributed by atoms with van der Waals surface area (Å²) in [4.78, 5) is 14.9. The van der Waals surface area contributed by atoms with Crippen molar-refractivity contribution in [1.29, 1.82) is 0 Å². The van der Waals surface area contributed by atoms with Crippen molar-refractivity contribution in [3.8, 4) is 50.7 Å². The molecule has 0 aliphatic rings. The molecule has 0 bridgehead atoms. The fraction of sp³-hybridized carbons (Fsp3) is 0.0303. The van der Waals surface area contributed by atoms with E-state index in [2.05, 4.69) is 265 Å². The molecule has 0 fully saturated rings. The molecule has 10 aromatic carbocycles. The zero-order valence-corrected chi connectivity index (χ0v) is 39.6. The Kier molecular flexibility index (Phi) is 11.3. The number of rotatable bonds is 11. The van der Waals surface area contributed by atoms with Gasteiger partial charge in [0.25, 0.3) is 0 Å². The molecule has 12 aromatic rings. The lowest BCUT2D eigenvalue weighted by atomic mass is 9.93. The molecule has 0 amide bonds. The molecule has 338 valence electrons. The first kappa shape index (κ1) is 43.0. The smallest absolute Gasteiger partial charge is 0.160 e. The predicted octanol–water partition coefficient (Wildman–Crippen LogP) is 17.8. The van der Waals surface area contributed by atoms with Crippen molar-refractivity contribution in [2.45, 2.75) is 13.8 Å². The third-order valence-corrected chi connectivity index (χ3v) is 13.4. The maximum absolute atomic E-state index is 5.19. The minimum absolute atomic E-state index is 0.715. The standard InChI is InChI=1S/C66H49N5/c1-46-41-51(42-47(2)65(46)62-45-61(49-21-9-3-10-22-49)67-66(68-62)50-23-11-4-12-24-50)48-33-35-56(36-34-48)71-63-39-37-57(69(52-25-13-5-14-26-52)53-27-15-6-16-28-53)43-59(63)60-44-58(38-40-64(60)71)70(54-29-17-7-18-30-54)55-31-19-8-20-32-55/h3-45H,1-2H3. The molecular weight excluding hydrogens is 863 g/mol. The topological polar surface area (TPSA) is 37.2 Å². The number of hydrogen-bond acceptors (Lipinski definition) is 4. The van der Waals surface area contributed by atoms with Crippen LogP contribution < -0.4 is 9.80 Å². The van der Waals surface area contributed by atoms with Gasteiger partial charge in [-0.25, -0.2) is 9.97 Å². The summed E-state index contributed by atoms with van der Waals surface area (Å²) in [5.74, 6) is 0.715. The molecule has 0 atom stereocenters. The van der Waals surface area contributed by atoms with Crippen molar-refractivity contribution < 1.29 is 0 Å². The first-order valence-corrected chi connectivity index (χ1v) is 24.2. The number of benzene rings is 10. The molecule has 12 rings (SSSR count). The molecule has 71 heavy (non-hydrogen) atoms. The van der Waals surface area contributed by atoms with Crippen LogP contribution in [0.3, 0.4) is 0 Å². The van der Waals surface area contributed by atoms with E-state index in [-0.39, 0.29) is 0 Å². The first-order valence-electron chi connectivity index (χ1n) is 24.2. The maximum atomic E-state index is 5.19. The van der Waals surface area contributed by atoms with E-state index >= 15 is 0 Å². The summed E-state index contributed by atoms with van der Waals surface area (Å²) in [6, 6.07) is 92.7. The molecule has 2 aromatic heterocycles. The lowest BCUT2D eigenvalue weighted by molar-refractivity contribution is 1.17. The molecule has 2 heterocycles. The fourth-order valence-corrected chi connectivity index (χ4v) is 10.1. The maximum Gasteiger partial charge on any atom is 0.160 e. The van der Waals surface area contributed by atoms with Crippen LogP contribution >= 0.6 is 0 Å². The van der Waals surface area contributed by atoms with Gasteiger partial charge < -0.3 is 14.4 Å². The minimum atomic E-state index is 0.715. The Hall–Kier alpha value is -9.32. The van der Waals surface area contributed by atoms with Crippen molar-refractivity contribution in [2.75, 3.05) is 9.80 Å². The molecule has 0 spiro atoms. The highest BCUT2D eigenvalue weighted by molar-refractivity contribution is 6.12. The van der Waals surface area contributed by atoms with E-state index in [1.807, 2.05) is 24.3 Å². The van der Waals surface area contributed by atoms with Crippen molar-refractivity contribution in [3.63, 3.8) is 0 Å². The number of fused-ring (bicyclic) bond motifs is 3. The molecule has 0 saturated heterocycles. The monoisotopic (exact) mass is 911 g/mol. The number of para-hydroxylation sites is 4. The summed E-state index contributed by atoms with van der Waals surface area (Å²) in [6.07, 6.45) is 0. The quantitative estimate of drug-likeness (QED) is 0.130. The third kappa shape index (κ3) is 8.30. The highest BCUT2D eigenvalue weighted by Gasteiger charge is 2.21. The molecule has 0 radical (unpaired) electrons. The normalized spacial score (nSPS) is 11.2. The Morgan fingerprint density at radius 3 is 1.14 bits per heavy atom. The average Bonchev–Trinajstić information content (AvgIpc) is 3.75. The number of hydrogen-bond donors (Lipinski definition) is 0. The van der Waals surface area contributed by atoms with Gasteiger partial charge in [0.1, 0.15) is 0 Å². The predicted molar refractivity (Wildman–Crippen MR) is 297 cm³/mol. The summed E-state index contributed by atoms with van der Waals surface area (Å²) in [5, 5.41) is 2.33. The number of aryl methyl sites for hydroxylation is 2. The van der Waals surface area contributed by atoms with Gasteiger partial charge in [0, 0.05) is 67.3 Å². The largest absolute Gasteiger partial charge is 0.310 e. The second-order valence-electron chi connectivity index (χ2n) is 18.0. The molecule has 0 unspecified atom stereocenters. The van der Waals surface area contributed by atoms with E-state index in [1.54, 1.807) is 0 Å². The van der Waals surface area contributed by atoms with Crippen LogP contribution in [0.15, 0.2) is 261 Å². The SMILES string of the molecule is Cc1cc(-c2ccc(-n3c4ccc(N(c5ccccc5)c5ccccc5)cc4c4cc(N(c5ccccc5)c5ccccc5)ccc43)cc2)cc(C)c1-c1cc(-c2ccccc2)nc(-c2ccccc2)n1. The third-order valence-electron chi connectivity index (χ3n) is 13.4. The van der Waals surface area contributed by atoms with Gasteiger partial charge in [-0.15, -0.1) is 0 Å². The molecule has 0 N–H and O–H groups in total. The van der Waals surface area contributed by atoms with Gasteiger partial charge in [-0.3, -0.25) is 0 Å². The zero-order chi connectivity index (χ0) is 47.7. The number of nitrogens with zero attached hydrogens (tertiary/aromatic N) is 5. The number of anilines is 6. The van der Waals surface area contributed by atoms with Crippen LogP contribution in [0.25, 0.3) is 72.5 Å². The number of aromatic nitrogens is 3. The van der Waals surface area contributed by atoms with Gasteiger partial charge in [-0.2, -0.15) is 0 Å². The summed E-state index contributed by atoms with van der Waals surface area (Å²) in [7, 11) is 0. The van der Waals surface area contributed by atoms with Crippen LogP contribution in [-0.2, 0) is 0 Å². The van der Waals surface area contributed by atoms with Crippen molar-refractivity contribution in [3.05, 3.63) is 272 Å². The Balaban J connectivity index is 0.974. The second kappa shape index (κ2) is 18.6. The molecule has 5 nitrogen and oxygen atoms in total. The fourth-order valence-electron chi connectivity index (χ4n) is 10.1. The van der Waals surface area contributed by atoms with E-state index in [0.717, 1.165) is 101 Å². The van der Waals surface area contributed by atoms with Crippen LogP contribution in [0.2, 0.25) is 0 Å². The van der Waals surface area contributed by atoms with E-state index < -0.39 is 0 Å². The van der Waals surface area contributed by atoms with Crippen LogP contribution in [-0.4, -0.2) is 14.5 Å². The molecule has 0 aliphatic carbocycles. The van der Waals surface area contributed by atoms with Crippen molar-refractivity contribution in [1.82, 2.24) is 14.5 Å². The zero-order valence-electron chi connectivity index (χ0n) is 39.6. The Labute approximate surface area is 414 Å². The van der Waals surface area contributed by atoms with Gasteiger partial charge in [0.2, 0.25) is 0 Å². The summed E-state index contributed by atoms with van der Waals surface area (Å²) < 4.78 is 2.41. The van der Waals surface area contributed by atoms with Crippen LogP contribution in [0.1, 0.15) is 11.1 Å². The minimum Gasteiger partial charge on any atom is -0.310 e. The molecule has 5 heteroatoms. The van der Waals surface area contributed by atoms with Gasteiger partial charge in [-0.05, 0) is 139 Å². The second-order valence-corrected chi connectivity index (χ2v) is 18.0. The van der Waals surface area contributed by atoms with Crippen LogP contribution in [0, 0.1) is 13.8 Å². The Bertz CT molecular complexity index is 3500. The highest BCUT2D eigenvalue weighted by atomic mass is 15.1. The molecule has 0 saturated carbocycles. The van der Waals surface area contributed by atoms with E-state index in [1.165, 1.54) is 10.8 Å². The Morgan fingerprint density at radius 1 is 0.310 bits per heavy atom. The summed E-state index contributed by atoms with van der Waals surface area (Å²) >= 11 is 0. The van der Waals surface area contributed by atoms with Crippen LogP contribution in [0.5, 0.6) is 0 Å². The average molecular weight is 912 g/mol. The summed E-state index contributed by atoms with van der Waals surface area (Å²) in [6.45, 7) is 4.39. The van der Waals surface area contributed by atoms with Gasteiger partial charge in [0.15, 0.2) is 5.82 Å². The van der Waals surface area contributed by atoms with E-state index in [4.69, 9.17) is 9.97 Å². The van der Waals surface area contributed by atoms with Gasteiger partial charge >= 0.3 is 0 Å². The molecular formula is C66H49N5. The first-order chi connectivity index (χ1) is 35.0. The molecule has 0 aliphatic heterocycles. The van der Waals surface area contributed by atoms with Crippen LogP contribution in [0.4, 0.5) is 34.1 Å². The van der Waals surface area contributed by atoms with E-state index in [0.29, 0.717) is 5.82 Å². The highest BCUT2D eigenvalue weighted by Crippen LogP contribution is 2.43. The lowest BCUT2D eigenvalue weighted by Crippen LogP contribution is -2.09. The van der Waals surface area contributed by atoms with Gasteiger partial charge in [-0.1, -0.05) is 158 Å². The van der Waals surface area contributed by atoms with Crippen molar-refractivity contribution in [2.24, 2.45) is 0 Å².